The van der Waals surface area contributed by atoms with Crippen LogP contribution in [0.4, 0.5) is 0 Å². The molecule has 0 saturated carbocycles. The maximum atomic E-state index is 11.7. The van der Waals surface area contributed by atoms with Gasteiger partial charge in [0.2, 0.25) is 11.6 Å². The van der Waals surface area contributed by atoms with Crippen molar-refractivity contribution in [2.75, 3.05) is 0 Å². The van der Waals surface area contributed by atoms with Crippen molar-refractivity contribution in [3.05, 3.63) is 41.0 Å². The lowest BCUT2D eigenvalue weighted by molar-refractivity contribution is -0.136. The van der Waals surface area contributed by atoms with Crippen LogP contribution in [-0.2, 0) is 14.4 Å². The van der Waals surface area contributed by atoms with Crippen molar-refractivity contribution in [3.8, 4) is 0 Å². The van der Waals surface area contributed by atoms with Crippen LogP contribution in [0.15, 0.2) is 29.8 Å². The van der Waals surface area contributed by atoms with Crippen molar-refractivity contribution in [3.63, 3.8) is 0 Å². The van der Waals surface area contributed by atoms with Crippen molar-refractivity contribution in [2.45, 2.75) is 27.2 Å². The number of aryl methyl sites for hydroxylation is 1. The number of Topliss-reactive ketones (excluding diaryl/α,β-unsaturated/α-hetero) is 3. The number of hydrogen-bond donors (Lipinski definition) is 0. The van der Waals surface area contributed by atoms with Gasteiger partial charge < -0.3 is 0 Å². The fourth-order valence-corrected chi connectivity index (χ4v) is 1.57. The van der Waals surface area contributed by atoms with E-state index in [9.17, 15) is 14.4 Å². The van der Waals surface area contributed by atoms with Gasteiger partial charge in [-0.25, -0.2) is 0 Å². The van der Waals surface area contributed by atoms with E-state index in [-0.39, 0.29) is 12.2 Å². The van der Waals surface area contributed by atoms with Gasteiger partial charge in [0.1, 0.15) is 5.78 Å². The third-order valence-corrected chi connectivity index (χ3v) is 2.58. The Morgan fingerprint density at radius 2 is 1.72 bits per heavy atom. The molecule has 0 spiro atoms. The second-order valence-electron chi connectivity index (χ2n) is 4.32. The van der Waals surface area contributed by atoms with Crippen LogP contribution in [0.2, 0.25) is 0 Å². The molecule has 0 radical (unpaired) electrons. The standard InChI is InChI=1S/C15H16O3/c1-10-6-4-5-7-13(10)8-11(2)15(18)14(17)9-12(3)16/h4-8H,9H2,1-3H3. The molecule has 0 aliphatic rings. The van der Waals surface area contributed by atoms with Crippen LogP contribution in [0.5, 0.6) is 0 Å². The highest BCUT2D eigenvalue weighted by Gasteiger charge is 2.17. The van der Waals surface area contributed by atoms with Crippen LogP contribution in [0.3, 0.4) is 0 Å². The molecule has 0 aromatic heterocycles. The molecule has 1 aromatic rings. The zero-order valence-corrected chi connectivity index (χ0v) is 10.8. The third kappa shape index (κ3) is 3.77. The summed E-state index contributed by atoms with van der Waals surface area (Å²) >= 11 is 0. The van der Waals surface area contributed by atoms with Crippen LogP contribution in [0.1, 0.15) is 31.4 Å². The van der Waals surface area contributed by atoms with Crippen molar-refractivity contribution in [1.29, 1.82) is 0 Å². The van der Waals surface area contributed by atoms with E-state index in [4.69, 9.17) is 0 Å². The average Bonchev–Trinajstić information content (AvgIpc) is 2.30. The van der Waals surface area contributed by atoms with Crippen LogP contribution < -0.4 is 0 Å². The predicted octanol–water partition coefficient (Wildman–Crippen LogP) is 2.52. The van der Waals surface area contributed by atoms with Gasteiger partial charge in [-0.3, -0.25) is 14.4 Å². The van der Waals surface area contributed by atoms with Gasteiger partial charge in [0, 0.05) is 5.57 Å². The molecule has 94 valence electrons. The Morgan fingerprint density at radius 3 is 2.28 bits per heavy atom. The normalized spacial score (nSPS) is 11.2. The molecule has 3 heteroatoms. The molecule has 0 aliphatic heterocycles. The Balaban J connectivity index is 2.91. The number of carbonyl (C=O) groups is 3. The highest BCUT2D eigenvalue weighted by Crippen LogP contribution is 2.12. The van der Waals surface area contributed by atoms with E-state index in [0.29, 0.717) is 5.57 Å². The molecule has 0 amide bonds. The molecule has 0 N–H and O–H groups in total. The molecule has 0 heterocycles. The van der Waals surface area contributed by atoms with Crippen LogP contribution in [0, 0.1) is 6.92 Å². The van der Waals surface area contributed by atoms with Crippen molar-refractivity contribution in [2.24, 2.45) is 0 Å². The highest BCUT2D eigenvalue weighted by atomic mass is 16.2. The van der Waals surface area contributed by atoms with Gasteiger partial charge in [-0.2, -0.15) is 0 Å². The summed E-state index contributed by atoms with van der Waals surface area (Å²) in [4.78, 5) is 34.0. The topological polar surface area (TPSA) is 51.2 Å². The summed E-state index contributed by atoms with van der Waals surface area (Å²) in [5, 5.41) is 0. The Morgan fingerprint density at radius 1 is 1.11 bits per heavy atom. The molecule has 0 bridgehead atoms. The molecule has 0 aliphatic carbocycles. The van der Waals surface area contributed by atoms with E-state index in [0.717, 1.165) is 11.1 Å². The zero-order valence-electron chi connectivity index (χ0n) is 10.8. The molecular formula is C15H16O3. The van der Waals surface area contributed by atoms with Gasteiger partial charge in [-0.1, -0.05) is 24.3 Å². The molecule has 0 unspecified atom stereocenters. The number of carbonyl (C=O) groups excluding carboxylic acids is 3. The fraction of sp³-hybridized carbons (Fsp3) is 0.267. The first kappa shape index (κ1) is 14.0. The lowest BCUT2D eigenvalue weighted by Gasteiger charge is -2.02. The quantitative estimate of drug-likeness (QED) is 0.454. The summed E-state index contributed by atoms with van der Waals surface area (Å²) in [7, 11) is 0. The van der Waals surface area contributed by atoms with Crippen molar-refractivity contribution >= 4 is 23.4 Å². The predicted molar refractivity (Wildman–Crippen MR) is 70.1 cm³/mol. The van der Waals surface area contributed by atoms with Gasteiger partial charge in [0.05, 0.1) is 6.42 Å². The summed E-state index contributed by atoms with van der Waals surface area (Å²) in [6, 6.07) is 7.58. The van der Waals surface area contributed by atoms with Gasteiger partial charge in [0.25, 0.3) is 0 Å². The third-order valence-electron chi connectivity index (χ3n) is 2.58. The van der Waals surface area contributed by atoms with Gasteiger partial charge in [-0.15, -0.1) is 0 Å². The second kappa shape index (κ2) is 6.05. The Hall–Kier alpha value is -2.03. The van der Waals surface area contributed by atoms with E-state index in [1.54, 1.807) is 13.0 Å². The van der Waals surface area contributed by atoms with E-state index >= 15 is 0 Å². The minimum absolute atomic E-state index is 0.294. The number of rotatable bonds is 5. The molecule has 1 rings (SSSR count). The summed E-state index contributed by atoms with van der Waals surface area (Å²) in [5.74, 6) is -1.53. The Kier molecular flexibility index (Phi) is 4.72. The Bertz CT molecular complexity index is 524. The van der Waals surface area contributed by atoms with Crippen LogP contribution >= 0.6 is 0 Å². The monoisotopic (exact) mass is 244 g/mol. The molecule has 18 heavy (non-hydrogen) atoms. The molecule has 3 nitrogen and oxygen atoms in total. The fourth-order valence-electron chi connectivity index (χ4n) is 1.57. The first-order chi connectivity index (χ1) is 8.41. The summed E-state index contributed by atoms with van der Waals surface area (Å²) in [5.41, 5.74) is 2.29. The Labute approximate surface area is 107 Å². The van der Waals surface area contributed by atoms with Crippen LogP contribution in [0.25, 0.3) is 6.08 Å². The maximum Gasteiger partial charge on any atom is 0.224 e. The largest absolute Gasteiger partial charge is 0.300 e. The minimum atomic E-state index is -0.648. The highest BCUT2D eigenvalue weighted by molar-refractivity contribution is 6.46. The maximum absolute atomic E-state index is 11.7. The minimum Gasteiger partial charge on any atom is -0.300 e. The number of benzene rings is 1. The molecule has 0 saturated heterocycles. The smallest absolute Gasteiger partial charge is 0.224 e. The van der Waals surface area contributed by atoms with E-state index in [2.05, 4.69) is 0 Å². The van der Waals surface area contributed by atoms with E-state index in [1.165, 1.54) is 6.92 Å². The van der Waals surface area contributed by atoms with E-state index < -0.39 is 11.6 Å². The van der Waals surface area contributed by atoms with Gasteiger partial charge in [-0.05, 0) is 38.0 Å². The zero-order chi connectivity index (χ0) is 13.7. The lowest BCUT2D eigenvalue weighted by Crippen LogP contribution is -2.17. The molecule has 0 fully saturated rings. The molecular weight excluding hydrogens is 228 g/mol. The molecule has 1 aromatic carbocycles. The van der Waals surface area contributed by atoms with Crippen molar-refractivity contribution < 1.29 is 14.4 Å². The summed E-state index contributed by atoms with van der Waals surface area (Å²) in [6.07, 6.45) is 1.35. The van der Waals surface area contributed by atoms with E-state index in [1.807, 2.05) is 31.2 Å². The summed E-state index contributed by atoms with van der Waals surface area (Å²) in [6.45, 7) is 4.82. The number of ketones is 3. The van der Waals surface area contributed by atoms with Gasteiger partial charge >= 0.3 is 0 Å². The number of allylic oxidation sites excluding steroid dienone is 1. The first-order valence-electron chi connectivity index (χ1n) is 5.72. The SMILES string of the molecule is CC(=O)CC(=O)C(=O)C(C)=Cc1ccccc1C. The lowest BCUT2D eigenvalue weighted by atomic mass is 10.0. The second-order valence-corrected chi connectivity index (χ2v) is 4.32. The van der Waals surface area contributed by atoms with Gasteiger partial charge in [0.15, 0.2) is 0 Å². The average molecular weight is 244 g/mol. The first-order valence-corrected chi connectivity index (χ1v) is 5.72. The summed E-state index contributed by atoms with van der Waals surface area (Å²) < 4.78 is 0. The van der Waals surface area contributed by atoms with Crippen molar-refractivity contribution in [1.82, 2.24) is 0 Å². The van der Waals surface area contributed by atoms with Crippen LogP contribution in [-0.4, -0.2) is 17.3 Å². The molecule has 0 atom stereocenters. The number of hydrogen-bond acceptors (Lipinski definition) is 3.